The number of rotatable bonds is 3. The van der Waals surface area contributed by atoms with Crippen LogP contribution in [0.25, 0.3) is 0 Å². The van der Waals surface area contributed by atoms with Crippen molar-refractivity contribution in [3.05, 3.63) is 23.5 Å². The summed E-state index contributed by atoms with van der Waals surface area (Å²) in [4.78, 5) is 1.18. The van der Waals surface area contributed by atoms with Crippen LogP contribution in [0, 0.1) is 0 Å². The Morgan fingerprint density at radius 2 is 2.00 bits per heavy atom. The predicted molar refractivity (Wildman–Crippen MR) is 48.6 cm³/mol. The maximum Gasteiger partial charge on any atom is -0.0183 e. The van der Waals surface area contributed by atoms with E-state index in [0.29, 0.717) is 0 Å². The van der Waals surface area contributed by atoms with Gasteiger partial charge in [0.1, 0.15) is 0 Å². The third kappa shape index (κ3) is 11.4. The van der Waals surface area contributed by atoms with Gasteiger partial charge in [0.15, 0.2) is 0 Å². The molecule has 0 aliphatic rings. The molecule has 0 radical (unpaired) electrons. The molecule has 0 amide bonds. The lowest BCUT2D eigenvalue weighted by atomic mass is 10.5. The Kier molecular flexibility index (Phi) is 13.9. The summed E-state index contributed by atoms with van der Waals surface area (Å²) in [6.45, 7) is 13.4. The molecule has 0 aromatic rings. The highest BCUT2D eigenvalue weighted by molar-refractivity contribution is 8.05. The molecule has 0 bridgehead atoms. The summed E-state index contributed by atoms with van der Waals surface area (Å²) in [6.07, 6.45) is 1.04. The summed E-state index contributed by atoms with van der Waals surface area (Å²) < 4.78 is 0. The Morgan fingerprint density at radius 3 is 2.11 bits per heavy atom. The van der Waals surface area contributed by atoms with Gasteiger partial charge in [-0.05, 0) is 16.7 Å². The molecule has 0 saturated heterocycles. The quantitative estimate of drug-likeness (QED) is 0.580. The average molecular weight is 144 g/mol. The molecule has 0 N–H and O–H groups in total. The van der Waals surface area contributed by atoms with Crippen LogP contribution in [-0.2, 0) is 0 Å². The fourth-order valence-corrected chi connectivity index (χ4v) is 0.604. The Balaban J connectivity index is 0. The van der Waals surface area contributed by atoms with E-state index in [9.17, 15) is 0 Å². The van der Waals surface area contributed by atoms with E-state index >= 15 is 0 Å². The maximum atomic E-state index is 3.75. The average Bonchev–Trinajstić information content (AvgIpc) is 1.93. The smallest absolute Gasteiger partial charge is 0.0183 e. The highest BCUT2D eigenvalue weighted by atomic mass is 32.2. The fourth-order valence-electron chi connectivity index (χ4n) is 0.201. The lowest BCUT2D eigenvalue weighted by Crippen LogP contribution is -1.61. The lowest BCUT2D eigenvalue weighted by Gasteiger charge is -1.90. The zero-order chi connectivity index (χ0) is 7.70. The summed E-state index contributed by atoms with van der Waals surface area (Å²) in [7, 11) is 0. The van der Waals surface area contributed by atoms with Crippen molar-refractivity contribution in [3.8, 4) is 0 Å². The summed E-state index contributed by atoms with van der Waals surface area (Å²) in [5.74, 6) is 0. The lowest BCUT2D eigenvalue weighted by molar-refractivity contribution is 1.21. The van der Waals surface area contributed by atoms with Crippen LogP contribution < -0.4 is 0 Å². The SMILES string of the molecule is C=CSC(=C)CC.CC. The molecule has 54 valence electrons. The van der Waals surface area contributed by atoms with Crippen LogP contribution in [0.3, 0.4) is 0 Å². The predicted octanol–water partition coefficient (Wildman–Crippen LogP) is 3.81. The highest BCUT2D eigenvalue weighted by Crippen LogP contribution is 2.15. The standard InChI is InChI=1S/C6H10S.C2H6/c1-4-6(3)7-5-2;1-2/h5H,2-4H2,1H3;1-2H3. The first-order valence-corrected chi connectivity index (χ1v) is 4.14. The first-order valence-electron chi connectivity index (χ1n) is 3.26. The molecule has 0 aromatic heterocycles. The zero-order valence-electron chi connectivity index (χ0n) is 6.61. The summed E-state index contributed by atoms with van der Waals surface area (Å²) in [5, 5.41) is 1.80. The van der Waals surface area contributed by atoms with Gasteiger partial charge in [0.2, 0.25) is 0 Å². The first-order chi connectivity index (χ1) is 4.31. The van der Waals surface area contributed by atoms with Crippen molar-refractivity contribution in [2.75, 3.05) is 0 Å². The van der Waals surface area contributed by atoms with E-state index in [0.717, 1.165) is 6.42 Å². The van der Waals surface area contributed by atoms with Gasteiger partial charge in [-0.1, -0.05) is 33.9 Å². The summed E-state index contributed by atoms with van der Waals surface area (Å²) >= 11 is 1.60. The van der Waals surface area contributed by atoms with E-state index in [2.05, 4.69) is 20.1 Å². The van der Waals surface area contributed by atoms with Crippen molar-refractivity contribution in [2.45, 2.75) is 27.2 Å². The van der Waals surface area contributed by atoms with Crippen LogP contribution in [0.1, 0.15) is 27.2 Å². The second kappa shape index (κ2) is 10.7. The molecule has 9 heavy (non-hydrogen) atoms. The molecular weight excluding hydrogens is 128 g/mol. The molecule has 1 heteroatoms. The van der Waals surface area contributed by atoms with Crippen molar-refractivity contribution in [3.63, 3.8) is 0 Å². The van der Waals surface area contributed by atoms with Gasteiger partial charge < -0.3 is 0 Å². The Hall–Kier alpha value is -0.170. The van der Waals surface area contributed by atoms with Crippen molar-refractivity contribution in [1.29, 1.82) is 0 Å². The van der Waals surface area contributed by atoms with Gasteiger partial charge in [0.25, 0.3) is 0 Å². The molecular formula is C8H16S. The molecule has 0 fully saturated rings. The van der Waals surface area contributed by atoms with Gasteiger partial charge >= 0.3 is 0 Å². The molecule has 0 aromatic carbocycles. The third-order valence-corrected chi connectivity index (χ3v) is 1.43. The van der Waals surface area contributed by atoms with E-state index in [4.69, 9.17) is 0 Å². The number of hydrogen-bond acceptors (Lipinski definition) is 1. The summed E-state index contributed by atoms with van der Waals surface area (Å²) in [6, 6.07) is 0. The zero-order valence-corrected chi connectivity index (χ0v) is 7.42. The van der Waals surface area contributed by atoms with Crippen molar-refractivity contribution in [1.82, 2.24) is 0 Å². The number of allylic oxidation sites excluding steroid dienone is 1. The first kappa shape index (κ1) is 11.6. The molecule has 0 atom stereocenters. The number of hydrogen-bond donors (Lipinski definition) is 0. The third-order valence-electron chi connectivity index (χ3n) is 0.644. The molecule has 0 heterocycles. The van der Waals surface area contributed by atoms with Crippen LogP contribution in [0.15, 0.2) is 23.5 Å². The number of thioether (sulfide) groups is 1. The van der Waals surface area contributed by atoms with Gasteiger partial charge in [-0.3, -0.25) is 0 Å². The van der Waals surface area contributed by atoms with E-state index in [1.54, 1.807) is 17.2 Å². The molecule has 0 aliphatic heterocycles. The minimum absolute atomic E-state index is 1.04. The molecule has 0 unspecified atom stereocenters. The maximum absolute atomic E-state index is 3.75. The second-order valence-corrected chi connectivity index (χ2v) is 2.32. The van der Waals surface area contributed by atoms with Gasteiger partial charge in [-0.25, -0.2) is 0 Å². The van der Waals surface area contributed by atoms with Crippen molar-refractivity contribution < 1.29 is 0 Å². The highest BCUT2D eigenvalue weighted by Gasteiger charge is 1.81. The molecule has 0 spiro atoms. The van der Waals surface area contributed by atoms with Crippen LogP contribution >= 0.6 is 11.8 Å². The largest absolute Gasteiger partial charge is 0.104 e. The van der Waals surface area contributed by atoms with E-state index in [1.807, 2.05) is 13.8 Å². The normalized spacial score (nSPS) is 7.00. The van der Waals surface area contributed by atoms with Crippen molar-refractivity contribution in [2.24, 2.45) is 0 Å². The van der Waals surface area contributed by atoms with Gasteiger partial charge in [-0.2, -0.15) is 0 Å². The van der Waals surface area contributed by atoms with Crippen LogP contribution in [-0.4, -0.2) is 0 Å². The van der Waals surface area contributed by atoms with Crippen molar-refractivity contribution >= 4 is 11.8 Å². The van der Waals surface area contributed by atoms with E-state index < -0.39 is 0 Å². The minimum atomic E-state index is 1.04. The monoisotopic (exact) mass is 144 g/mol. The Bertz CT molecular complexity index is 74.6. The van der Waals surface area contributed by atoms with Crippen LogP contribution in [0.5, 0.6) is 0 Å². The molecule has 0 rings (SSSR count). The van der Waals surface area contributed by atoms with Gasteiger partial charge in [-0.15, -0.1) is 11.8 Å². The van der Waals surface area contributed by atoms with Gasteiger partial charge in [0, 0.05) is 0 Å². The fraction of sp³-hybridized carbons (Fsp3) is 0.500. The molecule has 0 aliphatic carbocycles. The Labute approximate surface area is 63.0 Å². The van der Waals surface area contributed by atoms with Crippen LogP contribution in [0.4, 0.5) is 0 Å². The van der Waals surface area contributed by atoms with E-state index in [1.165, 1.54) is 4.91 Å². The topological polar surface area (TPSA) is 0 Å². The van der Waals surface area contributed by atoms with Crippen LogP contribution in [0.2, 0.25) is 0 Å². The molecule has 0 saturated carbocycles. The van der Waals surface area contributed by atoms with E-state index in [-0.39, 0.29) is 0 Å². The second-order valence-electron chi connectivity index (χ2n) is 1.18. The Morgan fingerprint density at radius 1 is 1.56 bits per heavy atom. The summed E-state index contributed by atoms with van der Waals surface area (Å²) in [5.41, 5.74) is 0. The van der Waals surface area contributed by atoms with Gasteiger partial charge in [0.05, 0.1) is 0 Å². The minimum Gasteiger partial charge on any atom is -0.104 e. The molecule has 0 nitrogen and oxygen atoms in total.